The molecule has 1 heterocycles. The van der Waals surface area contributed by atoms with Crippen molar-refractivity contribution in [2.75, 3.05) is 5.73 Å². The minimum absolute atomic E-state index is 0.0245. The van der Waals surface area contributed by atoms with Gasteiger partial charge in [0.1, 0.15) is 20.0 Å². The maximum Gasteiger partial charge on any atom is 0.132 e. The fourth-order valence-electron chi connectivity index (χ4n) is 2.14. The average Bonchev–Trinajstić information content (AvgIpc) is 2.48. The number of benzene rings is 1. The van der Waals surface area contributed by atoms with Crippen molar-refractivity contribution in [3.63, 3.8) is 0 Å². The molecule has 2 aromatic rings. The van der Waals surface area contributed by atoms with Crippen molar-refractivity contribution in [1.82, 2.24) is 4.98 Å². The molecule has 0 atom stereocenters. The van der Waals surface area contributed by atoms with Gasteiger partial charge in [-0.2, -0.15) is 0 Å². The third kappa shape index (κ3) is 2.76. The molecule has 0 radical (unpaired) electrons. The molecule has 0 aliphatic heterocycles. The molecule has 2 nitrogen and oxygen atoms in total. The molecule has 0 amide bonds. The normalized spacial score (nSPS) is 10.8. The van der Waals surface area contributed by atoms with Gasteiger partial charge in [-0.05, 0) is 5.56 Å². The number of hydrogen-bond donors (Lipinski definition) is 1. The van der Waals surface area contributed by atoms with Crippen LogP contribution in [0.5, 0.6) is 0 Å². The van der Waals surface area contributed by atoms with Gasteiger partial charge in [-0.15, -0.1) is 0 Å². The Labute approximate surface area is 115 Å². The van der Waals surface area contributed by atoms with Gasteiger partial charge in [0.2, 0.25) is 0 Å². The fraction of sp³-hybridized carbons (Fsp3) is 0.267. The first kappa shape index (κ1) is 14.4. The lowest BCUT2D eigenvalue weighted by Gasteiger charge is -2.15. The van der Waals surface area contributed by atoms with Crippen LogP contribution < -0.4 is 5.73 Å². The van der Waals surface area contributed by atoms with E-state index in [9.17, 15) is 13.2 Å². The minimum Gasteiger partial charge on any atom is -0.398 e. The van der Waals surface area contributed by atoms with E-state index < -0.39 is 20.0 Å². The van der Waals surface area contributed by atoms with Crippen molar-refractivity contribution in [3.05, 3.63) is 58.4 Å². The van der Waals surface area contributed by atoms with Gasteiger partial charge in [0.25, 0.3) is 0 Å². The summed E-state index contributed by atoms with van der Waals surface area (Å²) in [5.74, 6) is 0. The maximum atomic E-state index is 13.2. The van der Waals surface area contributed by atoms with Crippen LogP contribution in [0.25, 0.3) is 0 Å². The molecule has 2 N–H and O–H groups in total. The van der Waals surface area contributed by atoms with Gasteiger partial charge in [0, 0.05) is 23.2 Å². The summed E-state index contributed by atoms with van der Waals surface area (Å²) in [6.07, 6.45) is 0.337. The van der Waals surface area contributed by atoms with E-state index in [1.165, 1.54) is 0 Å². The van der Waals surface area contributed by atoms with E-state index in [0.29, 0.717) is 12.1 Å². The van der Waals surface area contributed by atoms with E-state index in [-0.39, 0.29) is 22.5 Å². The Balaban J connectivity index is 2.49. The SMILES string of the molecule is Nc1c(CF)c(CF)nc(Cc2ccccc2)c1CF. The van der Waals surface area contributed by atoms with Crippen LogP contribution in [0.1, 0.15) is 28.1 Å². The topological polar surface area (TPSA) is 38.9 Å². The van der Waals surface area contributed by atoms with E-state index >= 15 is 0 Å². The van der Waals surface area contributed by atoms with Gasteiger partial charge in [-0.1, -0.05) is 30.3 Å². The van der Waals surface area contributed by atoms with Crippen molar-refractivity contribution in [3.8, 4) is 0 Å². The third-order valence-corrected chi connectivity index (χ3v) is 3.23. The number of alkyl halides is 3. The third-order valence-electron chi connectivity index (χ3n) is 3.23. The van der Waals surface area contributed by atoms with Crippen LogP contribution >= 0.6 is 0 Å². The summed E-state index contributed by atoms with van der Waals surface area (Å²) in [4.78, 5) is 4.05. The zero-order valence-corrected chi connectivity index (χ0v) is 10.9. The molecule has 20 heavy (non-hydrogen) atoms. The van der Waals surface area contributed by atoms with Gasteiger partial charge in [-0.3, -0.25) is 4.98 Å². The van der Waals surface area contributed by atoms with E-state index in [0.717, 1.165) is 5.56 Å². The number of rotatable bonds is 5. The van der Waals surface area contributed by atoms with Crippen molar-refractivity contribution >= 4 is 5.69 Å². The first-order chi connectivity index (χ1) is 9.71. The molecule has 0 spiro atoms. The molecule has 2 rings (SSSR count). The van der Waals surface area contributed by atoms with Crippen LogP contribution in [0.2, 0.25) is 0 Å². The van der Waals surface area contributed by atoms with E-state index in [4.69, 9.17) is 5.73 Å². The Morgan fingerprint density at radius 2 is 1.45 bits per heavy atom. The highest BCUT2D eigenvalue weighted by Crippen LogP contribution is 2.27. The molecule has 1 aromatic carbocycles. The quantitative estimate of drug-likeness (QED) is 0.907. The molecular weight excluding hydrogens is 265 g/mol. The Morgan fingerprint density at radius 3 is 2.00 bits per heavy atom. The van der Waals surface area contributed by atoms with Crippen LogP contribution in [0.4, 0.5) is 18.9 Å². The second-order valence-corrected chi connectivity index (χ2v) is 4.44. The van der Waals surface area contributed by atoms with Crippen molar-refractivity contribution in [2.45, 2.75) is 26.4 Å². The minimum atomic E-state index is -0.948. The van der Waals surface area contributed by atoms with Crippen molar-refractivity contribution < 1.29 is 13.2 Å². The summed E-state index contributed by atoms with van der Waals surface area (Å²) in [5, 5.41) is 0. The molecule has 0 aliphatic carbocycles. The van der Waals surface area contributed by atoms with Gasteiger partial charge in [0.05, 0.1) is 11.4 Å². The van der Waals surface area contributed by atoms with Crippen LogP contribution in [0.15, 0.2) is 30.3 Å². The van der Waals surface area contributed by atoms with Crippen LogP contribution in [0, 0.1) is 0 Å². The number of hydrogen-bond acceptors (Lipinski definition) is 2. The van der Waals surface area contributed by atoms with E-state index in [1.807, 2.05) is 30.3 Å². The highest BCUT2D eigenvalue weighted by Gasteiger charge is 2.17. The number of anilines is 1. The lowest BCUT2D eigenvalue weighted by atomic mass is 10.0. The molecule has 1 aromatic heterocycles. The molecule has 5 heteroatoms. The first-order valence-corrected chi connectivity index (χ1v) is 6.22. The number of halogens is 3. The van der Waals surface area contributed by atoms with Gasteiger partial charge >= 0.3 is 0 Å². The molecule has 0 aliphatic rings. The van der Waals surface area contributed by atoms with E-state index in [1.54, 1.807) is 0 Å². The molecule has 0 saturated carbocycles. The number of pyridine rings is 1. The average molecular weight is 280 g/mol. The lowest BCUT2D eigenvalue weighted by Crippen LogP contribution is -2.10. The highest BCUT2D eigenvalue weighted by molar-refractivity contribution is 5.57. The summed E-state index contributed by atoms with van der Waals surface area (Å²) in [7, 11) is 0. The second-order valence-electron chi connectivity index (χ2n) is 4.44. The lowest BCUT2D eigenvalue weighted by molar-refractivity contribution is 0.442. The summed E-state index contributed by atoms with van der Waals surface area (Å²) >= 11 is 0. The van der Waals surface area contributed by atoms with Crippen LogP contribution in [0.3, 0.4) is 0 Å². The van der Waals surface area contributed by atoms with Crippen molar-refractivity contribution in [2.24, 2.45) is 0 Å². The maximum absolute atomic E-state index is 13.2. The Hall–Kier alpha value is -2.04. The highest BCUT2D eigenvalue weighted by atomic mass is 19.1. The Morgan fingerprint density at radius 1 is 0.850 bits per heavy atom. The standard InChI is InChI=1S/C15H15F3N2/c16-7-11-13(6-10-4-2-1-3-5-10)20-14(9-18)12(8-17)15(11)19/h1-5H,6-9H2,(H2,19,20). The van der Waals surface area contributed by atoms with E-state index in [2.05, 4.69) is 4.98 Å². The molecule has 0 saturated heterocycles. The zero-order valence-electron chi connectivity index (χ0n) is 10.9. The van der Waals surface area contributed by atoms with Gasteiger partial charge in [0.15, 0.2) is 0 Å². The summed E-state index contributed by atoms with van der Waals surface area (Å²) in [5.41, 5.74) is 7.05. The summed E-state index contributed by atoms with van der Waals surface area (Å²) in [6, 6.07) is 9.27. The number of nitrogens with zero attached hydrogens (tertiary/aromatic N) is 1. The van der Waals surface area contributed by atoms with Crippen molar-refractivity contribution in [1.29, 1.82) is 0 Å². The molecule has 106 valence electrons. The largest absolute Gasteiger partial charge is 0.398 e. The zero-order chi connectivity index (χ0) is 14.5. The predicted molar refractivity (Wildman–Crippen MR) is 72.3 cm³/mol. The summed E-state index contributed by atoms with van der Waals surface area (Å²) in [6.45, 7) is -2.71. The predicted octanol–water partition coefficient (Wildman–Crippen LogP) is 3.66. The van der Waals surface area contributed by atoms with Crippen LogP contribution in [-0.4, -0.2) is 4.98 Å². The summed E-state index contributed by atoms with van der Waals surface area (Å²) < 4.78 is 39.0. The number of nitrogen functional groups attached to an aromatic ring is 1. The molecule has 0 unspecified atom stereocenters. The number of nitrogens with two attached hydrogens (primary N) is 1. The fourth-order valence-corrected chi connectivity index (χ4v) is 2.14. The smallest absolute Gasteiger partial charge is 0.132 e. The van der Waals surface area contributed by atoms with Crippen LogP contribution in [-0.2, 0) is 26.4 Å². The second kappa shape index (κ2) is 6.41. The van der Waals surface area contributed by atoms with Gasteiger partial charge in [-0.25, -0.2) is 13.2 Å². The molecule has 0 fully saturated rings. The molecule has 0 bridgehead atoms. The Kier molecular flexibility index (Phi) is 4.61. The number of aromatic nitrogens is 1. The van der Waals surface area contributed by atoms with Gasteiger partial charge < -0.3 is 5.73 Å². The first-order valence-electron chi connectivity index (χ1n) is 6.22. The molecular formula is C15H15F3N2. The Bertz CT molecular complexity index is 585. The monoisotopic (exact) mass is 280 g/mol.